The number of pyridine rings is 1. The van der Waals surface area contributed by atoms with Crippen molar-refractivity contribution in [2.45, 2.75) is 13.0 Å². The Kier molecular flexibility index (Phi) is 3.66. The van der Waals surface area contributed by atoms with E-state index in [-0.39, 0.29) is 6.04 Å². The van der Waals surface area contributed by atoms with Crippen LogP contribution in [-0.4, -0.2) is 51.4 Å². The third kappa shape index (κ3) is 2.37. The first kappa shape index (κ1) is 14.7. The number of amides is 1. The summed E-state index contributed by atoms with van der Waals surface area (Å²) >= 11 is 3.46. The Morgan fingerprint density at radius 1 is 1.55 bits per heavy atom. The van der Waals surface area contributed by atoms with Crippen molar-refractivity contribution in [3.05, 3.63) is 28.5 Å². The van der Waals surface area contributed by atoms with Crippen molar-refractivity contribution in [2.24, 2.45) is 0 Å². The lowest BCUT2D eigenvalue weighted by Crippen LogP contribution is -2.53. The van der Waals surface area contributed by atoms with Crippen LogP contribution in [0.25, 0.3) is 5.52 Å². The molecule has 2 aromatic heterocycles. The van der Waals surface area contributed by atoms with E-state index in [1.54, 1.807) is 16.9 Å². The number of carbonyl (C=O) groups is 1. The maximum atomic E-state index is 11.2. The Bertz CT molecular complexity index is 781. The van der Waals surface area contributed by atoms with Crippen LogP contribution in [-0.2, 0) is 0 Å². The Hall–Kier alpha value is -2.27. The van der Waals surface area contributed by atoms with Gasteiger partial charge in [0.05, 0.1) is 17.4 Å². The molecule has 1 amide bonds. The van der Waals surface area contributed by atoms with E-state index in [1.807, 2.05) is 13.0 Å². The Morgan fingerprint density at radius 2 is 2.32 bits per heavy atom. The summed E-state index contributed by atoms with van der Waals surface area (Å²) in [6, 6.07) is 3.99. The maximum Gasteiger partial charge on any atom is 0.407 e. The summed E-state index contributed by atoms with van der Waals surface area (Å²) in [7, 11) is 0. The molecule has 2 aromatic rings. The van der Waals surface area contributed by atoms with E-state index in [0.717, 1.165) is 15.7 Å². The molecule has 7 nitrogen and oxygen atoms in total. The second kappa shape index (κ2) is 5.50. The number of hydrogen-bond donors (Lipinski definition) is 1. The zero-order valence-electron chi connectivity index (χ0n) is 11.9. The van der Waals surface area contributed by atoms with Crippen molar-refractivity contribution in [2.75, 3.05) is 24.5 Å². The molecule has 1 aliphatic rings. The van der Waals surface area contributed by atoms with Gasteiger partial charge in [0, 0.05) is 36.3 Å². The molecule has 22 heavy (non-hydrogen) atoms. The van der Waals surface area contributed by atoms with Crippen LogP contribution in [0.4, 0.5) is 10.5 Å². The van der Waals surface area contributed by atoms with Gasteiger partial charge in [-0.05, 0) is 28.9 Å². The van der Waals surface area contributed by atoms with Gasteiger partial charge in [0.15, 0.2) is 0 Å². The average Bonchev–Trinajstić information content (AvgIpc) is 2.88. The van der Waals surface area contributed by atoms with Crippen LogP contribution in [0.3, 0.4) is 0 Å². The lowest BCUT2D eigenvalue weighted by atomic mass is 10.1. The fourth-order valence-electron chi connectivity index (χ4n) is 2.85. The second-order valence-electron chi connectivity index (χ2n) is 5.28. The number of halogens is 1. The predicted molar refractivity (Wildman–Crippen MR) is 84.0 cm³/mol. The first-order chi connectivity index (χ1) is 10.5. The molecule has 0 saturated carbocycles. The molecule has 3 rings (SSSR count). The molecule has 0 unspecified atom stereocenters. The lowest BCUT2D eigenvalue weighted by Gasteiger charge is -2.39. The van der Waals surface area contributed by atoms with Crippen LogP contribution in [0.15, 0.2) is 22.9 Å². The first-order valence-corrected chi connectivity index (χ1v) is 7.62. The number of nitrogens with zero attached hydrogens (tertiary/aromatic N) is 5. The molecule has 0 aliphatic carbocycles. The molecule has 8 heteroatoms. The van der Waals surface area contributed by atoms with Crippen LogP contribution in [0.5, 0.6) is 0 Å². The number of anilines is 1. The minimum Gasteiger partial charge on any atom is -0.465 e. The van der Waals surface area contributed by atoms with Crippen molar-refractivity contribution in [1.82, 2.24) is 14.5 Å². The van der Waals surface area contributed by atoms with E-state index < -0.39 is 6.09 Å². The van der Waals surface area contributed by atoms with Crippen LogP contribution in [0, 0.1) is 11.3 Å². The van der Waals surface area contributed by atoms with Gasteiger partial charge in [-0.3, -0.25) is 0 Å². The highest BCUT2D eigenvalue weighted by Crippen LogP contribution is 2.30. The maximum absolute atomic E-state index is 11.2. The number of piperazine rings is 1. The summed E-state index contributed by atoms with van der Waals surface area (Å²) in [6.45, 7) is 3.48. The number of carboxylic acid groups (broad SMARTS) is 1. The highest BCUT2D eigenvalue weighted by molar-refractivity contribution is 9.10. The summed E-state index contributed by atoms with van der Waals surface area (Å²) < 4.78 is 2.53. The Labute approximate surface area is 135 Å². The van der Waals surface area contributed by atoms with Gasteiger partial charge in [-0.25, -0.2) is 9.31 Å². The number of nitriles is 1. The van der Waals surface area contributed by atoms with Crippen LogP contribution >= 0.6 is 15.9 Å². The fourth-order valence-corrected chi connectivity index (χ4v) is 3.26. The number of aromatic nitrogens is 2. The Balaban J connectivity index is 2.02. The summed E-state index contributed by atoms with van der Waals surface area (Å²) in [6.07, 6.45) is 2.45. The van der Waals surface area contributed by atoms with Gasteiger partial charge < -0.3 is 14.9 Å². The van der Waals surface area contributed by atoms with Gasteiger partial charge in [0.1, 0.15) is 11.6 Å². The predicted octanol–water partition coefficient (Wildman–Crippen LogP) is 2.16. The van der Waals surface area contributed by atoms with Gasteiger partial charge in [0.2, 0.25) is 0 Å². The van der Waals surface area contributed by atoms with E-state index in [1.165, 1.54) is 4.90 Å². The fraction of sp³-hybridized carbons (Fsp3) is 0.357. The quantitative estimate of drug-likeness (QED) is 0.838. The molecule has 1 N–H and O–H groups in total. The zero-order valence-corrected chi connectivity index (χ0v) is 13.5. The molecule has 0 bridgehead atoms. The smallest absolute Gasteiger partial charge is 0.407 e. The third-order valence-corrected chi connectivity index (χ3v) is 4.33. The minimum absolute atomic E-state index is 0.112. The molecule has 0 aromatic carbocycles. The van der Waals surface area contributed by atoms with Gasteiger partial charge in [-0.2, -0.15) is 10.4 Å². The van der Waals surface area contributed by atoms with E-state index in [0.29, 0.717) is 25.2 Å². The van der Waals surface area contributed by atoms with Gasteiger partial charge in [0.25, 0.3) is 0 Å². The molecular weight excluding hydrogens is 350 g/mol. The molecule has 114 valence electrons. The first-order valence-electron chi connectivity index (χ1n) is 6.82. The largest absolute Gasteiger partial charge is 0.465 e. The molecule has 0 radical (unpaired) electrons. The number of rotatable bonds is 1. The van der Waals surface area contributed by atoms with E-state index in [4.69, 9.17) is 0 Å². The topological polar surface area (TPSA) is 84.9 Å². The summed E-state index contributed by atoms with van der Waals surface area (Å²) in [5, 5.41) is 22.6. The van der Waals surface area contributed by atoms with E-state index in [9.17, 15) is 15.2 Å². The molecule has 3 heterocycles. The molecule has 1 saturated heterocycles. The molecule has 1 aliphatic heterocycles. The van der Waals surface area contributed by atoms with E-state index in [2.05, 4.69) is 32.0 Å². The van der Waals surface area contributed by atoms with Crippen molar-refractivity contribution < 1.29 is 9.90 Å². The summed E-state index contributed by atoms with van der Waals surface area (Å²) in [4.78, 5) is 14.7. The molecule has 0 spiro atoms. The number of hydrogen-bond acceptors (Lipinski definition) is 4. The minimum atomic E-state index is -0.895. The molecule has 1 fully saturated rings. The zero-order chi connectivity index (χ0) is 15.9. The summed E-state index contributed by atoms with van der Waals surface area (Å²) in [5.74, 6) is 0. The highest BCUT2D eigenvalue weighted by atomic mass is 79.9. The molecule has 1 atom stereocenters. The van der Waals surface area contributed by atoms with Crippen molar-refractivity contribution in [1.29, 1.82) is 5.26 Å². The van der Waals surface area contributed by atoms with Crippen LogP contribution in [0.1, 0.15) is 12.5 Å². The Morgan fingerprint density at radius 3 is 2.95 bits per heavy atom. The van der Waals surface area contributed by atoms with Crippen LogP contribution < -0.4 is 4.90 Å². The monoisotopic (exact) mass is 363 g/mol. The van der Waals surface area contributed by atoms with Gasteiger partial charge in [-0.15, -0.1) is 0 Å². The van der Waals surface area contributed by atoms with Crippen LogP contribution in [0.2, 0.25) is 0 Å². The summed E-state index contributed by atoms with van der Waals surface area (Å²) in [5.41, 5.74) is 2.15. The normalized spacial score (nSPS) is 18.5. The van der Waals surface area contributed by atoms with E-state index >= 15 is 0 Å². The van der Waals surface area contributed by atoms with Crippen molar-refractivity contribution in [3.63, 3.8) is 0 Å². The molecular formula is C14H14BrN5O2. The average molecular weight is 364 g/mol. The SMILES string of the molecule is C[C@H]1CN(c2cc(Br)cn3ncc(C#N)c23)CCN1C(=O)O. The van der Waals surface area contributed by atoms with Crippen molar-refractivity contribution >= 4 is 33.2 Å². The lowest BCUT2D eigenvalue weighted by molar-refractivity contribution is 0.123. The van der Waals surface area contributed by atoms with Crippen molar-refractivity contribution in [3.8, 4) is 6.07 Å². The third-order valence-electron chi connectivity index (χ3n) is 3.89. The van der Waals surface area contributed by atoms with Gasteiger partial charge in [-0.1, -0.05) is 0 Å². The highest BCUT2D eigenvalue weighted by Gasteiger charge is 2.28. The second-order valence-corrected chi connectivity index (χ2v) is 6.19. The number of fused-ring (bicyclic) bond motifs is 1. The van der Waals surface area contributed by atoms with Gasteiger partial charge >= 0.3 is 6.09 Å². The standard InChI is InChI=1S/C14H14BrN5O2/c1-9-7-18(2-3-19(9)14(21)22)12-4-11(15)8-20-13(12)10(5-16)6-17-20/h4,6,8-9H,2-3,7H2,1H3,(H,21,22)/t9-/m0/s1.